The van der Waals surface area contributed by atoms with Crippen LogP contribution in [-0.2, 0) is 0 Å². The molecule has 5 nitrogen and oxygen atoms in total. The van der Waals surface area contributed by atoms with E-state index in [1.807, 2.05) is 6.07 Å². The maximum Gasteiger partial charge on any atom is 0.374 e. The summed E-state index contributed by atoms with van der Waals surface area (Å²) in [6.45, 7) is 1.80. The molecule has 0 fully saturated rings. The Kier molecular flexibility index (Phi) is 1.51. The van der Waals surface area contributed by atoms with E-state index in [2.05, 4.69) is 10.1 Å². The van der Waals surface area contributed by atoms with E-state index in [9.17, 15) is 4.79 Å². The number of hydrogen-bond acceptors (Lipinski definition) is 3. The molecule has 2 aromatic heterocycles. The molecular formula is C8H7N3O2. The van der Waals surface area contributed by atoms with Gasteiger partial charge in [-0.2, -0.15) is 5.10 Å². The fourth-order valence-electron chi connectivity index (χ4n) is 1.12. The molecule has 2 rings (SSSR count). The predicted octanol–water partition coefficient (Wildman–Crippen LogP) is 0.736. The highest BCUT2D eigenvalue weighted by molar-refractivity contribution is 5.84. The van der Waals surface area contributed by atoms with Crippen LogP contribution in [0.2, 0.25) is 0 Å². The Morgan fingerprint density at radius 2 is 2.31 bits per heavy atom. The third kappa shape index (κ3) is 1.14. The Labute approximate surface area is 73.6 Å². The minimum absolute atomic E-state index is 0.0568. The number of carboxylic acid groups (broad SMARTS) is 1. The number of carboxylic acids is 1. The van der Waals surface area contributed by atoms with Crippen LogP contribution < -0.4 is 0 Å². The van der Waals surface area contributed by atoms with Gasteiger partial charge in [0.05, 0.1) is 17.4 Å². The molecular weight excluding hydrogens is 170 g/mol. The second-order valence-corrected chi connectivity index (χ2v) is 2.70. The lowest BCUT2D eigenvalue weighted by Gasteiger charge is -1.96. The van der Waals surface area contributed by atoms with Crippen molar-refractivity contribution in [2.24, 2.45) is 0 Å². The van der Waals surface area contributed by atoms with Crippen LogP contribution in [0.5, 0.6) is 0 Å². The van der Waals surface area contributed by atoms with Crippen molar-refractivity contribution < 1.29 is 9.90 Å². The first-order valence-electron chi connectivity index (χ1n) is 3.73. The zero-order valence-electron chi connectivity index (χ0n) is 6.93. The van der Waals surface area contributed by atoms with Gasteiger partial charge in [-0.15, -0.1) is 0 Å². The third-order valence-electron chi connectivity index (χ3n) is 1.71. The minimum Gasteiger partial charge on any atom is -0.475 e. The van der Waals surface area contributed by atoms with Gasteiger partial charge in [0.1, 0.15) is 0 Å². The van der Waals surface area contributed by atoms with E-state index in [1.54, 1.807) is 13.0 Å². The Morgan fingerprint density at radius 3 is 3.00 bits per heavy atom. The number of carbonyl (C=O) groups is 1. The lowest BCUT2D eigenvalue weighted by molar-refractivity contribution is 0.0681. The first-order valence-corrected chi connectivity index (χ1v) is 3.73. The van der Waals surface area contributed by atoms with E-state index in [0.717, 1.165) is 5.69 Å². The Morgan fingerprint density at radius 1 is 1.54 bits per heavy atom. The smallest absolute Gasteiger partial charge is 0.374 e. The molecule has 0 aliphatic rings. The van der Waals surface area contributed by atoms with Crippen molar-refractivity contribution >= 4 is 11.5 Å². The Hall–Kier alpha value is -1.91. The van der Waals surface area contributed by atoms with Crippen LogP contribution in [0.15, 0.2) is 18.3 Å². The molecule has 66 valence electrons. The van der Waals surface area contributed by atoms with Crippen molar-refractivity contribution in [3.05, 3.63) is 29.8 Å². The predicted molar refractivity (Wildman–Crippen MR) is 44.7 cm³/mol. The monoisotopic (exact) mass is 177 g/mol. The van der Waals surface area contributed by atoms with Crippen LogP contribution in [0.25, 0.3) is 5.52 Å². The summed E-state index contributed by atoms with van der Waals surface area (Å²) in [7, 11) is 0. The number of nitrogens with zero attached hydrogens (tertiary/aromatic N) is 3. The fourth-order valence-corrected chi connectivity index (χ4v) is 1.12. The van der Waals surface area contributed by atoms with Gasteiger partial charge in [-0.3, -0.25) is 0 Å². The largest absolute Gasteiger partial charge is 0.475 e. The number of aryl methyl sites for hydroxylation is 1. The number of aromatic carboxylic acids is 1. The number of imidazole rings is 1. The maximum absolute atomic E-state index is 10.7. The van der Waals surface area contributed by atoms with Crippen LogP contribution in [0.4, 0.5) is 0 Å². The third-order valence-corrected chi connectivity index (χ3v) is 1.71. The van der Waals surface area contributed by atoms with Crippen molar-refractivity contribution in [2.45, 2.75) is 6.92 Å². The van der Waals surface area contributed by atoms with Gasteiger partial charge in [0.2, 0.25) is 5.82 Å². The Balaban J connectivity index is 2.79. The van der Waals surface area contributed by atoms with E-state index in [1.165, 1.54) is 10.7 Å². The second-order valence-electron chi connectivity index (χ2n) is 2.70. The molecule has 0 aromatic carbocycles. The molecule has 0 amide bonds. The lowest BCUT2D eigenvalue weighted by Crippen LogP contribution is -2.06. The van der Waals surface area contributed by atoms with Crippen LogP contribution in [0.1, 0.15) is 16.3 Å². The van der Waals surface area contributed by atoms with Crippen molar-refractivity contribution in [3.63, 3.8) is 0 Å². The quantitative estimate of drug-likeness (QED) is 0.697. The standard InChI is InChI=1S/C8H7N3O2/c1-5-2-3-6-4-9-7(8(12)13)11(6)10-5/h2-4H,1H3,(H,12,13). The normalized spacial score (nSPS) is 10.5. The number of fused-ring (bicyclic) bond motifs is 1. The van der Waals surface area contributed by atoms with Gasteiger partial charge in [0.25, 0.3) is 0 Å². The molecule has 5 heteroatoms. The highest BCUT2D eigenvalue weighted by atomic mass is 16.4. The number of hydrogen-bond donors (Lipinski definition) is 1. The summed E-state index contributed by atoms with van der Waals surface area (Å²) < 4.78 is 1.32. The van der Waals surface area contributed by atoms with Crippen molar-refractivity contribution in [3.8, 4) is 0 Å². The SMILES string of the molecule is Cc1ccc2cnc(C(=O)O)n2n1. The van der Waals surface area contributed by atoms with Crippen molar-refractivity contribution in [1.29, 1.82) is 0 Å². The molecule has 2 heterocycles. The van der Waals surface area contributed by atoms with Gasteiger partial charge in [0, 0.05) is 0 Å². The second kappa shape index (κ2) is 2.55. The van der Waals surface area contributed by atoms with Crippen LogP contribution in [0, 0.1) is 6.92 Å². The number of rotatable bonds is 1. The van der Waals surface area contributed by atoms with E-state index < -0.39 is 5.97 Å². The van der Waals surface area contributed by atoms with Crippen molar-refractivity contribution in [1.82, 2.24) is 14.6 Å². The topological polar surface area (TPSA) is 67.5 Å². The Bertz CT molecular complexity index is 475. The van der Waals surface area contributed by atoms with Crippen LogP contribution >= 0.6 is 0 Å². The average molecular weight is 177 g/mol. The maximum atomic E-state index is 10.7. The van der Waals surface area contributed by atoms with Gasteiger partial charge in [-0.1, -0.05) is 0 Å². The van der Waals surface area contributed by atoms with E-state index >= 15 is 0 Å². The molecule has 0 spiro atoms. The van der Waals surface area contributed by atoms with E-state index in [4.69, 9.17) is 5.11 Å². The molecule has 0 aliphatic heterocycles. The first-order chi connectivity index (χ1) is 6.18. The van der Waals surface area contributed by atoms with E-state index in [-0.39, 0.29) is 5.82 Å². The zero-order chi connectivity index (χ0) is 9.42. The highest BCUT2D eigenvalue weighted by Crippen LogP contribution is 2.05. The number of aromatic nitrogens is 3. The highest BCUT2D eigenvalue weighted by Gasteiger charge is 2.11. The minimum atomic E-state index is -1.07. The molecule has 0 aliphatic carbocycles. The van der Waals surface area contributed by atoms with Crippen LogP contribution in [0.3, 0.4) is 0 Å². The summed E-state index contributed by atoms with van der Waals surface area (Å²) in [6.07, 6.45) is 1.48. The fraction of sp³-hybridized carbons (Fsp3) is 0.125. The molecule has 2 aromatic rings. The van der Waals surface area contributed by atoms with Crippen molar-refractivity contribution in [2.75, 3.05) is 0 Å². The molecule has 0 saturated heterocycles. The molecule has 0 radical (unpaired) electrons. The summed E-state index contributed by atoms with van der Waals surface area (Å²) in [4.78, 5) is 14.4. The molecule has 0 atom stereocenters. The summed E-state index contributed by atoms with van der Waals surface area (Å²) in [5, 5.41) is 12.8. The van der Waals surface area contributed by atoms with Gasteiger partial charge < -0.3 is 5.11 Å². The van der Waals surface area contributed by atoms with Gasteiger partial charge in [0.15, 0.2) is 0 Å². The molecule has 0 saturated carbocycles. The van der Waals surface area contributed by atoms with Crippen LogP contribution in [-0.4, -0.2) is 25.7 Å². The first kappa shape index (κ1) is 7.72. The average Bonchev–Trinajstić information content (AvgIpc) is 2.46. The molecule has 0 bridgehead atoms. The lowest BCUT2D eigenvalue weighted by atomic mass is 10.4. The van der Waals surface area contributed by atoms with E-state index in [0.29, 0.717) is 5.52 Å². The zero-order valence-corrected chi connectivity index (χ0v) is 6.93. The van der Waals surface area contributed by atoms with Gasteiger partial charge in [-0.25, -0.2) is 14.3 Å². The molecule has 0 unspecified atom stereocenters. The van der Waals surface area contributed by atoms with Gasteiger partial charge >= 0.3 is 5.97 Å². The van der Waals surface area contributed by atoms with Gasteiger partial charge in [-0.05, 0) is 19.1 Å². The molecule has 13 heavy (non-hydrogen) atoms. The summed E-state index contributed by atoms with van der Waals surface area (Å²) in [6, 6.07) is 3.59. The summed E-state index contributed by atoms with van der Waals surface area (Å²) in [5.74, 6) is -1.13. The summed E-state index contributed by atoms with van der Waals surface area (Å²) >= 11 is 0. The summed E-state index contributed by atoms with van der Waals surface area (Å²) in [5.41, 5.74) is 1.44. The molecule has 1 N–H and O–H groups in total.